The number of benzene rings is 1. The molecule has 1 aromatic rings. The van der Waals surface area contributed by atoms with Gasteiger partial charge in [-0.3, -0.25) is 4.79 Å². The largest absolute Gasteiger partial charge is 0.743 e. The number of ketones is 1. The van der Waals surface area contributed by atoms with Crippen LogP contribution in [0.25, 0.3) is 0 Å². The van der Waals surface area contributed by atoms with Gasteiger partial charge < -0.3 is 14.0 Å². The fourth-order valence-electron chi connectivity index (χ4n) is 7.71. The Morgan fingerprint density at radius 2 is 1.72 bits per heavy atom. The highest BCUT2D eigenvalue weighted by atomic mass is 32.2. The molecule has 0 N–H and O–H groups in total. The molecule has 0 radical (unpaired) electrons. The van der Waals surface area contributed by atoms with Crippen LogP contribution in [0.15, 0.2) is 30.3 Å². The minimum absolute atomic E-state index is 0.110. The second-order valence-electron chi connectivity index (χ2n) is 11.0. The zero-order valence-corrected chi connectivity index (χ0v) is 21.5. The van der Waals surface area contributed by atoms with Gasteiger partial charge in [0.2, 0.25) is 5.78 Å². The maximum atomic E-state index is 14.1. The zero-order chi connectivity index (χ0) is 25.8. The molecule has 198 valence electrons. The van der Waals surface area contributed by atoms with Crippen LogP contribution >= 0.6 is 0 Å². The molecule has 1 aliphatic heterocycles. The molecular formula is C25H30F2O7S2. The fraction of sp³-hybridized carbons (Fsp3) is 0.680. The quantitative estimate of drug-likeness (QED) is 0.214. The summed E-state index contributed by atoms with van der Waals surface area (Å²) in [4.78, 5) is 26.0. The van der Waals surface area contributed by atoms with Crippen LogP contribution in [-0.4, -0.2) is 66.6 Å². The monoisotopic (exact) mass is 544 g/mol. The lowest BCUT2D eigenvalue weighted by Gasteiger charge is -2.62. The number of rotatable bonds is 8. The van der Waals surface area contributed by atoms with Gasteiger partial charge in [-0.1, -0.05) is 30.3 Å². The smallest absolute Gasteiger partial charge is 0.428 e. The number of halogens is 2. The van der Waals surface area contributed by atoms with Crippen molar-refractivity contribution in [2.45, 2.75) is 49.0 Å². The SMILES string of the molecule is O=C(c1ccccc1)C([S+]1CCOCC1)C12CC3CC(CC(COC(=O)C(F)(F)S(=O)(=O)[O-])(C3)C1)C2. The van der Waals surface area contributed by atoms with E-state index in [1.807, 2.05) is 30.3 Å². The lowest BCUT2D eigenvalue weighted by atomic mass is 9.43. The second-order valence-corrected chi connectivity index (χ2v) is 14.8. The highest BCUT2D eigenvalue weighted by molar-refractivity contribution is 7.98. The van der Waals surface area contributed by atoms with E-state index in [1.165, 1.54) is 0 Å². The Labute approximate surface area is 212 Å². The summed E-state index contributed by atoms with van der Waals surface area (Å²) < 4.78 is 70.7. The first kappa shape index (κ1) is 26.1. The average molecular weight is 545 g/mol. The van der Waals surface area contributed by atoms with Gasteiger partial charge in [0.1, 0.15) is 11.5 Å². The van der Waals surface area contributed by atoms with Gasteiger partial charge in [0.25, 0.3) is 0 Å². The molecule has 3 unspecified atom stereocenters. The van der Waals surface area contributed by atoms with E-state index in [0.29, 0.717) is 38.0 Å². The van der Waals surface area contributed by atoms with E-state index < -0.39 is 26.8 Å². The lowest BCUT2D eigenvalue weighted by molar-refractivity contribution is -0.177. The molecule has 1 aromatic carbocycles. The minimum Gasteiger partial charge on any atom is -0.743 e. The number of hydrogen-bond donors (Lipinski definition) is 0. The number of carbonyl (C=O) groups is 2. The Hall–Kier alpha value is -1.56. The van der Waals surface area contributed by atoms with Crippen molar-refractivity contribution in [1.82, 2.24) is 0 Å². The Kier molecular flexibility index (Phi) is 6.75. The summed E-state index contributed by atoms with van der Waals surface area (Å²) in [6, 6.07) is 9.24. The van der Waals surface area contributed by atoms with E-state index in [0.717, 1.165) is 30.8 Å². The lowest BCUT2D eigenvalue weighted by Crippen LogP contribution is -2.62. The first-order valence-electron chi connectivity index (χ1n) is 12.3. The van der Waals surface area contributed by atoms with E-state index in [2.05, 4.69) is 0 Å². The Morgan fingerprint density at radius 1 is 1.11 bits per heavy atom. The molecule has 1 saturated heterocycles. The second kappa shape index (κ2) is 9.32. The molecule has 0 aromatic heterocycles. The molecule has 11 heteroatoms. The number of alkyl halides is 2. The van der Waals surface area contributed by atoms with E-state index in [1.54, 1.807) is 0 Å². The van der Waals surface area contributed by atoms with Crippen LogP contribution in [0, 0.1) is 22.7 Å². The van der Waals surface area contributed by atoms with Crippen LogP contribution in [0.5, 0.6) is 0 Å². The van der Waals surface area contributed by atoms with E-state index in [-0.39, 0.29) is 45.8 Å². The molecule has 4 bridgehead atoms. The van der Waals surface area contributed by atoms with Gasteiger partial charge >= 0.3 is 11.2 Å². The van der Waals surface area contributed by atoms with Crippen LogP contribution in [-0.2, 0) is 35.3 Å². The van der Waals surface area contributed by atoms with Crippen LogP contribution in [0.4, 0.5) is 8.78 Å². The van der Waals surface area contributed by atoms with Crippen molar-refractivity contribution < 1.29 is 40.8 Å². The number of hydrogen-bond acceptors (Lipinski definition) is 7. The summed E-state index contributed by atoms with van der Waals surface area (Å²) >= 11 is 0. The molecule has 3 atom stereocenters. The van der Waals surface area contributed by atoms with Gasteiger partial charge in [-0.2, -0.15) is 8.78 Å². The normalized spacial score (nSPS) is 33.3. The molecule has 0 spiro atoms. The van der Waals surface area contributed by atoms with Crippen molar-refractivity contribution in [3.63, 3.8) is 0 Å². The Bertz CT molecular complexity index is 1100. The predicted octanol–water partition coefficient (Wildman–Crippen LogP) is 3.15. The number of esters is 1. The fourth-order valence-corrected chi connectivity index (χ4v) is 10.7. The van der Waals surface area contributed by atoms with Crippen LogP contribution in [0.2, 0.25) is 0 Å². The first-order chi connectivity index (χ1) is 16.9. The molecule has 4 aliphatic carbocycles. The minimum atomic E-state index is -6.17. The Morgan fingerprint density at radius 3 is 2.31 bits per heavy atom. The molecule has 7 nitrogen and oxygen atoms in total. The van der Waals surface area contributed by atoms with Crippen molar-refractivity contribution in [2.75, 3.05) is 31.3 Å². The maximum absolute atomic E-state index is 14.1. The first-order valence-corrected chi connectivity index (χ1v) is 15.3. The van der Waals surface area contributed by atoms with Crippen LogP contribution in [0.3, 0.4) is 0 Å². The maximum Gasteiger partial charge on any atom is 0.428 e. The third-order valence-electron chi connectivity index (χ3n) is 8.45. The van der Waals surface area contributed by atoms with Gasteiger partial charge in [0, 0.05) is 27.3 Å². The summed E-state index contributed by atoms with van der Waals surface area (Å²) in [5.41, 5.74) is -0.275. The van der Waals surface area contributed by atoms with Crippen molar-refractivity contribution in [3.05, 3.63) is 35.9 Å². The molecule has 1 heterocycles. The number of ether oxygens (including phenoxy) is 2. The van der Waals surface area contributed by atoms with E-state index >= 15 is 0 Å². The molecule has 6 rings (SSSR count). The highest BCUT2D eigenvalue weighted by Gasteiger charge is 2.66. The van der Waals surface area contributed by atoms with Gasteiger partial charge in [-0.05, 0) is 50.4 Å². The van der Waals surface area contributed by atoms with Crippen molar-refractivity contribution >= 4 is 32.8 Å². The van der Waals surface area contributed by atoms with Crippen LogP contribution < -0.4 is 0 Å². The van der Waals surface area contributed by atoms with E-state index in [4.69, 9.17) is 9.47 Å². The molecule has 0 amide bonds. The zero-order valence-electron chi connectivity index (χ0n) is 19.8. The van der Waals surface area contributed by atoms with Crippen molar-refractivity contribution in [3.8, 4) is 0 Å². The van der Waals surface area contributed by atoms with Crippen LogP contribution in [0.1, 0.15) is 48.9 Å². The summed E-state index contributed by atoms with van der Waals surface area (Å²) in [7, 11) is -6.38. The predicted molar refractivity (Wildman–Crippen MR) is 128 cm³/mol. The van der Waals surface area contributed by atoms with Gasteiger partial charge in [0.15, 0.2) is 15.4 Å². The van der Waals surface area contributed by atoms with Crippen molar-refractivity contribution in [2.24, 2.45) is 22.7 Å². The average Bonchev–Trinajstić information content (AvgIpc) is 2.82. The number of Topliss-reactive ketones (excluding diaryl/α,β-unsaturated/α-hetero) is 1. The summed E-state index contributed by atoms with van der Waals surface area (Å²) in [6.45, 7) is 0.840. The molecule has 5 aliphatic rings. The summed E-state index contributed by atoms with van der Waals surface area (Å²) in [5.74, 6) is -0.0375. The third kappa shape index (κ3) is 4.61. The van der Waals surface area contributed by atoms with Crippen molar-refractivity contribution in [1.29, 1.82) is 0 Å². The van der Waals surface area contributed by atoms with Gasteiger partial charge in [0.05, 0.1) is 19.8 Å². The van der Waals surface area contributed by atoms with Gasteiger partial charge in [-0.25, -0.2) is 13.2 Å². The topological polar surface area (TPSA) is 110 Å². The summed E-state index contributed by atoms with van der Waals surface area (Å²) in [5, 5.41) is -5.35. The van der Waals surface area contributed by atoms with Gasteiger partial charge in [-0.15, -0.1) is 0 Å². The third-order valence-corrected chi connectivity index (χ3v) is 12.0. The molecule has 36 heavy (non-hydrogen) atoms. The number of carbonyl (C=O) groups excluding carboxylic acids is 2. The summed E-state index contributed by atoms with van der Waals surface area (Å²) in [6.07, 6.45) is 4.65. The molecule has 5 fully saturated rings. The standard InChI is InChI=1S/C25H30F2O7S2/c26-25(27,36(30,31)32)22(29)34-16-23-11-17-10-18(12-23)14-24(13-17,15-23)21(35-8-6-33-7-9-35)20(28)19-4-2-1-3-5-19/h1-5,17-18,21H,6-16H2. The Balaban J connectivity index is 1.45. The molecule has 4 saturated carbocycles. The van der Waals surface area contributed by atoms with E-state index in [9.17, 15) is 31.3 Å². The molecular weight excluding hydrogens is 514 g/mol. The highest BCUT2D eigenvalue weighted by Crippen LogP contribution is 2.67.